The number of carbonyl (C=O) groups is 2. The molecule has 5 heteroatoms. The van der Waals surface area contributed by atoms with Crippen LogP contribution in [0.25, 0.3) is 0 Å². The highest BCUT2D eigenvalue weighted by molar-refractivity contribution is 6.09. The fourth-order valence-electron chi connectivity index (χ4n) is 2.32. The van der Waals surface area contributed by atoms with Crippen molar-refractivity contribution in [3.8, 4) is 5.75 Å². The molecular weight excluding hydrogens is 340 g/mol. The lowest BCUT2D eigenvalue weighted by Crippen LogP contribution is -2.32. The molecule has 0 heterocycles. The Labute approximate surface area is 160 Å². The Morgan fingerprint density at radius 2 is 1.85 bits per heavy atom. The Kier molecular flexibility index (Phi) is 7.17. The van der Waals surface area contributed by atoms with Gasteiger partial charge in [-0.3, -0.25) is 9.59 Å². The number of benzene rings is 2. The lowest BCUT2D eigenvalue weighted by Gasteiger charge is -2.15. The topological polar surface area (TPSA) is 67.4 Å². The van der Waals surface area contributed by atoms with E-state index >= 15 is 0 Å². The summed E-state index contributed by atoms with van der Waals surface area (Å²) >= 11 is 0. The summed E-state index contributed by atoms with van der Waals surface area (Å²) in [6.45, 7) is 10.0. The van der Waals surface area contributed by atoms with E-state index in [0.29, 0.717) is 29.2 Å². The van der Waals surface area contributed by atoms with E-state index in [-0.39, 0.29) is 17.9 Å². The van der Waals surface area contributed by atoms with Crippen molar-refractivity contribution in [1.29, 1.82) is 0 Å². The Hall–Kier alpha value is -3.08. The first-order valence-electron chi connectivity index (χ1n) is 8.99. The van der Waals surface area contributed by atoms with Gasteiger partial charge in [-0.25, -0.2) is 0 Å². The molecular formula is C22H26N2O3. The highest BCUT2D eigenvalue weighted by Crippen LogP contribution is 2.19. The first-order valence-corrected chi connectivity index (χ1v) is 8.99. The Morgan fingerprint density at radius 1 is 1.11 bits per heavy atom. The van der Waals surface area contributed by atoms with Crippen LogP contribution in [0.1, 0.15) is 47.9 Å². The summed E-state index contributed by atoms with van der Waals surface area (Å²) in [6.07, 6.45) is 0.831. The molecule has 27 heavy (non-hydrogen) atoms. The van der Waals surface area contributed by atoms with E-state index < -0.39 is 0 Å². The normalized spacial score (nSPS) is 11.4. The average molecular weight is 366 g/mol. The molecule has 0 aliphatic heterocycles. The molecule has 0 saturated carbocycles. The number of para-hydroxylation sites is 1. The van der Waals surface area contributed by atoms with Gasteiger partial charge < -0.3 is 15.4 Å². The molecule has 5 nitrogen and oxygen atoms in total. The van der Waals surface area contributed by atoms with E-state index in [1.54, 1.807) is 48.5 Å². The van der Waals surface area contributed by atoms with Gasteiger partial charge in [0, 0.05) is 11.6 Å². The van der Waals surface area contributed by atoms with Crippen LogP contribution in [0, 0.1) is 0 Å². The minimum atomic E-state index is -0.306. The first kappa shape index (κ1) is 20.2. The molecule has 0 aromatic heterocycles. The zero-order chi connectivity index (χ0) is 19.8. The zero-order valence-corrected chi connectivity index (χ0v) is 16.0. The number of carbonyl (C=O) groups excluding carboxylic acids is 2. The van der Waals surface area contributed by atoms with Gasteiger partial charge in [0.25, 0.3) is 11.8 Å². The summed E-state index contributed by atoms with van der Waals surface area (Å²) < 4.78 is 5.58. The van der Waals surface area contributed by atoms with Crippen molar-refractivity contribution in [2.24, 2.45) is 0 Å². The lowest BCUT2D eigenvalue weighted by atomic mass is 10.1. The molecule has 0 aliphatic rings. The molecule has 0 radical (unpaired) electrons. The monoisotopic (exact) mass is 366 g/mol. The maximum atomic E-state index is 12.6. The van der Waals surface area contributed by atoms with E-state index in [1.165, 1.54) is 0 Å². The SMILES string of the molecule is C=C(C)COc1cccc(C(=O)Nc2ccccc2C(=O)N[C@H](C)CC)c1. The zero-order valence-electron chi connectivity index (χ0n) is 16.0. The van der Waals surface area contributed by atoms with Crippen LogP contribution in [0.3, 0.4) is 0 Å². The van der Waals surface area contributed by atoms with Crippen LogP contribution in [-0.2, 0) is 0 Å². The van der Waals surface area contributed by atoms with Gasteiger partial charge in [0.1, 0.15) is 12.4 Å². The predicted octanol–water partition coefficient (Wildman–Crippen LogP) is 4.42. The van der Waals surface area contributed by atoms with Gasteiger partial charge in [-0.05, 0) is 56.2 Å². The van der Waals surface area contributed by atoms with E-state index in [4.69, 9.17) is 4.74 Å². The Balaban J connectivity index is 2.15. The van der Waals surface area contributed by atoms with Crippen molar-refractivity contribution in [2.75, 3.05) is 11.9 Å². The summed E-state index contributed by atoms with van der Waals surface area (Å²) in [6, 6.07) is 13.9. The molecule has 0 fully saturated rings. The van der Waals surface area contributed by atoms with Crippen LogP contribution in [0.15, 0.2) is 60.7 Å². The fourth-order valence-corrected chi connectivity index (χ4v) is 2.32. The third-order valence-corrected chi connectivity index (χ3v) is 3.99. The number of hydrogen-bond acceptors (Lipinski definition) is 3. The smallest absolute Gasteiger partial charge is 0.255 e. The third-order valence-electron chi connectivity index (χ3n) is 3.99. The van der Waals surface area contributed by atoms with Gasteiger partial charge >= 0.3 is 0 Å². The third kappa shape index (κ3) is 5.99. The van der Waals surface area contributed by atoms with Crippen LogP contribution in [0.4, 0.5) is 5.69 Å². The summed E-state index contributed by atoms with van der Waals surface area (Å²) in [5.74, 6) is 0.0757. The number of rotatable bonds is 8. The molecule has 142 valence electrons. The standard InChI is InChI=1S/C22H26N2O3/c1-5-16(4)23-22(26)19-11-6-7-12-20(19)24-21(25)17-9-8-10-18(13-17)27-14-15(2)3/h6-13,16H,2,5,14H2,1,3-4H3,(H,23,26)(H,24,25)/t16-/m1/s1. The largest absolute Gasteiger partial charge is 0.489 e. The quantitative estimate of drug-likeness (QED) is 0.680. The highest BCUT2D eigenvalue weighted by Gasteiger charge is 2.15. The van der Waals surface area contributed by atoms with Crippen LogP contribution in [0.5, 0.6) is 5.75 Å². The number of nitrogens with one attached hydrogen (secondary N) is 2. The first-order chi connectivity index (χ1) is 12.9. The average Bonchev–Trinajstić information content (AvgIpc) is 2.66. The van der Waals surface area contributed by atoms with Gasteiger partial charge in [0.05, 0.1) is 11.3 Å². The van der Waals surface area contributed by atoms with Crippen molar-refractivity contribution in [1.82, 2.24) is 5.32 Å². The summed E-state index contributed by atoms with van der Waals surface area (Å²) in [5, 5.41) is 5.74. The fraction of sp³-hybridized carbons (Fsp3) is 0.273. The van der Waals surface area contributed by atoms with Crippen LogP contribution in [0.2, 0.25) is 0 Å². The van der Waals surface area contributed by atoms with Gasteiger partial charge in [0.2, 0.25) is 0 Å². The molecule has 2 aromatic rings. The molecule has 1 atom stereocenters. The van der Waals surface area contributed by atoms with Crippen LogP contribution in [-0.4, -0.2) is 24.5 Å². The second-order valence-electron chi connectivity index (χ2n) is 6.56. The molecule has 2 aromatic carbocycles. The van der Waals surface area contributed by atoms with Crippen molar-refractivity contribution in [3.63, 3.8) is 0 Å². The van der Waals surface area contributed by atoms with Gasteiger partial charge in [0.15, 0.2) is 0 Å². The number of anilines is 1. The summed E-state index contributed by atoms with van der Waals surface area (Å²) in [5.41, 5.74) is 2.25. The second kappa shape index (κ2) is 9.57. The summed E-state index contributed by atoms with van der Waals surface area (Å²) in [4.78, 5) is 25.1. The predicted molar refractivity (Wildman–Crippen MR) is 108 cm³/mol. The highest BCUT2D eigenvalue weighted by atomic mass is 16.5. The molecule has 0 spiro atoms. The lowest BCUT2D eigenvalue weighted by molar-refractivity contribution is 0.0940. The van der Waals surface area contributed by atoms with Crippen LogP contribution >= 0.6 is 0 Å². The van der Waals surface area contributed by atoms with Crippen molar-refractivity contribution in [2.45, 2.75) is 33.2 Å². The molecule has 0 aliphatic carbocycles. The molecule has 2 N–H and O–H groups in total. The van der Waals surface area contributed by atoms with Crippen molar-refractivity contribution < 1.29 is 14.3 Å². The van der Waals surface area contributed by atoms with E-state index in [2.05, 4.69) is 17.2 Å². The minimum Gasteiger partial charge on any atom is -0.489 e. The molecule has 2 amide bonds. The number of amides is 2. The number of hydrogen-bond donors (Lipinski definition) is 2. The summed E-state index contributed by atoms with van der Waals surface area (Å²) in [7, 11) is 0. The maximum absolute atomic E-state index is 12.6. The molecule has 0 saturated heterocycles. The van der Waals surface area contributed by atoms with Crippen molar-refractivity contribution >= 4 is 17.5 Å². The van der Waals surface area contributed by atoms with Crippen molar-refractivity contribution in [3.05, 3.63) is 71.8 Å². The molecule has 2 rings (SSSR count). The Bertz CT molecular complexity index is 830. The molecule has 0 bridgehead atoms. The van der Waals surface area contributed by atoms with E-state index in [0.717, 1.165) is 12.0 Å². The second-order valence-corrected chi connectivity index (χ2v) is 6.56. The van der Waals surface area contributed by atoms with Gasteiger partial charge in [-0.15, -0.1) is 0 Å². The minimum absolute atomic E-state index is 0.0587. The van der Waals surface area contributed by atoms with Crippen LogP contribution < -0.4 is 15.4 Å². The Morgan fingerprint density at radius 3 is 2.56 bits per heavy atom. The molecule has 0 unspecified atom stereocenters. The van der Waals surface area contributed by atoms with Gasteiger partial charge in [-0.1, -0.05) is 31.7 Å². The van der Waals surface area contributed by atoms with Gasteiger partial charge in [-0.2, -0.15) is 0 Å². The van der Waals surface area contributed by atoms with E-state index in [9.17, 15) is 9.59 Å². The van der Waals surface area contributed by atoms with E-state index in [1.807, 2.05) is 20.8 Å². The number of ether oxygens (including phenoxy) is 1. The maximum Gasteiger partial charge on any atom is 0.255 e.